The predicted octanol–water partition coefficient (Wildman–Crippen LogP) is 3.16. The molecule has 1 aromatic heterocycles. The third-order valence-corrected chi connectivity index (χ3v) is 2.82. The van der Waals surface area contributed by atoms with Crippen LogP contribution in [0.5, 0.6) is 0 Å². The molecule has 0 radical (unpaired) electrons. The highest BCUT2D eigenvalue weighted by molar-refractivity contribution is 5.89. The highest BCUT2D eigenvalue weighted by atomic mass is 19.1. The summed E-state index contributed by atoms with van der Waals surface area (Å²) < 4.78 is 27.4. The van der Waals surface area contributed by atoms with Gasteiger partial charge in [0.1, 0.15) is 17.5 Å². The van der Waals surface area contributed by atoms with Crippen LogP contribution in [-0.4, -0.2) is 9.97 Å². The Bertz CT molecular complexity index is 751. The number of nitrogens with zero attached hydrogens (tertiary/aromatic N) is 2. The van der Waals surface area contributed by atoms with E-state index in [0.717, 1.165) is 12.1 Å². The van der Waals surface area contributed by atoms with Gasteiger partial charge in [0.05, 0.1) is 11.1 Å². The standard InChI is InChI=1S/C14H9F2N3/c15-9-5-3-6-10(16)12(9)14-18-11-7-2-1-4-8(11)13(17)19-14/h1-7H,(H2,17,18,19). The van der Waals surface area contributed by atoms with Gasteiger partial charge in [-0.1, -0.05) is 18.2 Å². The second kappa shape index (κ2) is 4.28. The van der Waals surface area contributed by atoms with E-state index in [2.05, 4.69) is 9.97 Å². The minimum Gasteiger partial charge on any atom is -0.383 e. The first kappa shape index (κ1) is 11.5. The second-order valence-corrected chi connectivity index (χ2v) is 4.05. The van der Waals surface area contributed by atoms with Gasteiger partial charge in [-0.25, -0.2) is 18.7 Å². The number of benzene rings is 2. The van der Waals surface area contributed by atoms with E-state index >= 15 is 0 Å². The molecular weight excluding hydrogens is 248 g/mol. The number of nitrogens with two attached hydrogens (primary N) is 1. The summed E-state index contributed by atoms with van der Waals surface area (Å²) in [5, 5.41) is 0.656. The lowest BCUT2D eigenvalue weighted by molar-refractivity contribution is 0.587. The summed E-state index contributed by atoms with van der Waals surface area (Å²) in [5.41, 5.74) is 6.08. The number of rotatable bonds is 1. The van der Waals surface area contributed by atoms with E-state index in [0.29, 0.717) is 10.9 Å². The van der Waals surface area contributed by atoms with Gasteiger partial charge in [0.15, 0.2) is 5.82 Å². The second-order valence-electron chi connectivity index (χ2n) is 4.05. The zero-order chi connectivity index (χ0) is 13.4. The fourth-order valence-corrected chi connectivity index (χ4v) is 1.92. The van der Waals surface area contributed by atoms with Crippen LogP contribution in [0.2, 0.25) is 0 Å². The monoisotopic (exact) mass is 257 g/mol. The first-order valence-electron chi connectivity index (χ1n) is 5.63. The smallest absolute Gasteiger partial charge is 0.168 e. The van der Waals surface area contributed by atoms with Crippen LogP contribution in [0, 0.1) is 11.6 Å². The number of hydrogen-bond acceptors (Lipinski definition) is 3. The average Bonchev–Trinajstić information content (AvgIpc) is 2.38. The Morgan fingerprint density at radius 1 is 0.842 bits per heavy atom. The first-order valence-corrected chi connectivity index (χ1v) is 5.63. The molecule has 19 heavy (non-hydrogen) atoms. The fourth-order valence-electron chi connectivity index (χ4n) is 1.92. The van der Waals surface area contributed by atoms with Crippen LogP contribution in [0.3, 0.4) is 0 Å². The summed E-state index contributed by atoms with van der Waals surface area (Å²) in [5.74, 6) is -1.28. The van der Waals surface area contributed by atoms with Crippen LogP contribution in [0.15, 0.2) is 42.5 Å². The summed E-state index contributed by atoms with van der Waals surface area (Å²) >= 11 is 0. The summed E-state index contributed by atoms with van der Waals surface area (Å²) in [6, 6.07) is 10.7. The Hall–Kier alpha value is -2.56. The predicted molar refractivity (Wildman–Crippen MR) is 69.3 cm³/mol. The molecule has 2 aromatic carbocycles. The van der Waals surface area contributed by atoms with Gasteiger partial charge in [-0.2, -0.15) is 0 Å². The molecule has 2 N–H and O–H groups in total. The summed E-state index contributed by atoms with van der Waals surface area (Å²) in [7, 11) is 0. The van der Waals surface area contributed by atoms with E-state index in [9.17, 15) is 8.78 Å². The third-order valence-electron chi connectivity index (χ3n) is 2.82. The first-order chi connectivity index (χ1) is 9.16. The molecule has 0 saturated heterocycles. The number of aromatic nitrogens is 2. The van der Waals surface area contributed by atoms with Gasteiger partial charge < -0.3 is 5.73 Å². The molecule has 3 nitrogen and oxygen atoms in total. The van der Waals surface area contributed by atoms with Crippen LogP contribution in [-0.2, 0) is 0 Å². The van der Waals surface area contributed by atoms with Crippen molar-refractivity contribution < 1.29 is 8.78 Å². The highest BCUT2D eigenvalue weighted by Gasteiger charge is 2.15. The van der Waals surface area contributed by atoms with E-state index in [1.165, 1.54) is 6.07 Å². The molecule has 1 heterocycles. The normalized spacial score (nSPS) is 10.8. The van der Waals surface area contributed by atoms with Crippen LogP contribution < -0.4 is 5.73 Å². The Labute approximate surface area is 107 Å². The van der Waals surface area contributed by atoms with Crippen molar-refractivity contribution in [3.63, 3.8) is 0 Å². The Kier molecular flexibility index (Phi) is 2.59. The fraction of sp³-hybridized carbons (Fsp3) is 0. The van der Waals surface area contributed by atoms with Crippen molar-refractivity contribution in [1.82, 2.24) is 9.97 Å². The van der Waals surface area contributed by atoms with Crippen molar-refractivity contribution in [2.75, 3.05) is 5.73 Å². The molecule has 0 aliphatic rings. The van der Waals surface area contributed by atoms with Gasteiger partial charge in [0, 0.05) is 5.39 Å². The third kappa shape index (κ3) is 1.89. The Morgan fingerprint density at radius 2 is 1.53 bits per heavy atom. The van der Waals surface area contributed by atoms with E-state index in [1.807, 2.05) is 0 Å². The van der Waals surface area contributed by atoms with Gasteiger partial charge in [-0.05, 0) is 24.3 Å². The maximum Gasteiger partial charge on any atom is 0.168 e. The average molecular weight is 257 g/mol. The van der Waals surface area contributed by atoms with E-state index in [4.69, 9.17) is 5.73 Å². The summed E-state index contributed by atoms with van der Waals surface area (Å²) in [4.78, 5) is 8.14. The van der Waals surface area contributed by atoms with Crippen LogP contribution in [0.25, 0.3) is 22.3 Å². The molecule has 94 valence electrons. The van der Waals surface area contributed by atoms with Gasteiger partial charge in [0.2, 0.25) is 0 Å². The SMILES string of the molecule is Nc1nc(-c2c(F)cccc2F)nc2ccccc12. The maximum atomic E-state index is 13.7. The maximum absolute atomic E-state index is 13.7. The van der Waals surface area contributed by atoms with Gasteiger partial charge >= 0.3 is 0 Å². The molecule has 5 heteroatoms. The van der Waals surface area contributed by atoms with Crippen LogP contribution >= 0.6 is 0 Å². The molecule has 0 spiro atoms. The zero-order valence-electron chi connectivity index (χ0n) is 9.77. The van der Waals surface area contributed by atoms with Crippen molar-refractivity contribution in [3.05, 3.63) is 54.1 Å². The lowest BCUT2D eigenvalue weighted by Gasteiger charge is -2.07. The molecule has 0 saturated carbocycles. The minimum absolute atomic E-state index is 0.0493. The Balaban J connectivity index is 2.32. The lowest BCUT2D eigenvalue weighted by atomic mass is 10.1. The molecule has 0 aliphatic heterocycles. The largest absolute Gasteiger partial charge is 0.383 e. The zero-order valence-corrected chi connectivity index (χ0v) is 9.77. The van der Waals surface area contributed by atoms with Crippen molar-refractivity contribution in [3.8, 4) is 11.4 Å². The van der Waals surface area contributed by atoms with Crippen LogP contribution in [0.4, 0.5) is 14.6 Å². The summed E-state index contributed by atoms with van der Waals surface area (Å²) in [6.45, 7) is 0. The highest BCUT2D eigenvalue weighted by Crippen LogP contribution is 2.26. The molecule has 0 bridgehead atoms. The van der Waals surface area contributed by atoms with Crippen molar-refractivity contribution in [1.29, 1.82) is 0 Å². The molecule has 0 aliphatic carbocycles. The minimum atomic E-state index is -0.713. The van der Waals surface area contributed by atoms with Gasteiger partial charge in [-0.3, -0.25) is 0 Å². The molecule has 3 aromatic rings. The molecule has 3 rings (SSSR count). The van der Waals surface area contributed by atoms with Gasteiger partial charge in [-0.15, -0.1) is 0 Å². The molecule has 0 amide bonds. The number of fused-ring (bicyclic) bond motifs is 1. The molecular formula is C14H9F2N3. The number of para-hydroxylation sites is 1. The van der Waals surface area contributed by atoms with Crippen molar-refractivity contribution >= 4 is 16.7 Å². The molecule has 0 unspecified atom stereocenters. The quantitative estimate of drug-likeness (QED) is 0.728. The number of halogens is 2. The lowest BCUT2D eigenvalue weighted by Crippen LogP contribution is -2.00. The van der Waals surface area contributed by atoms with Crippen LogP contribution in [0.1, 0.15) is 0 Å². The topological polar surface area (TPSA) is 51.8 Å². The van der Waals surface area contributed by atoms with Crippen molar-refractivity contribution in [2.45, 2.75) is 0 Å². The Morgan fingerprint density at radius 3 is 2.26 bits per heavy atom. The molecule has 0 atom stereocenters. The number of anilines is 1. The number of hydrogen-bond donors (Lipinski definition) is 1. The van der Waals surface area contributed by atoms with Gasteiger partial charge in [0.25, 0.3) is 0 Å². The van der Waals surface area contributed by atoms with E-state index in [-0.39, 0.29) is 17.2 Å². The number of nitrogen functional groups attached to an aromatic ring is 1. The molecule has 0 fully saturated rings. The van der Waals surface area contributed by atoms with E-state index < -0.39 is 11.6 Å². The van der Waals surface area contributed by atoms with E-state index in [1.54, 1.807) is 24.3 Å². The van der Waals surface area contributed by atoms with Crippen molar-refractivity contribution in [2.24, 2.45) is 0 Å². The summed E-state index contributed by atoms with van der Waals surface area (Å²) in [6.07, 6.45) is 0.